The summed E-state index contributed by atoms with van der Waals surface area (Å²) in [6.07, 6.45) is -0.877. The van der Waals surface area contributed by atoms with Crippen LogP contribution in [0.5, 0.6) is 0 Å². The van der Waals surface area contributed by atoms with Crippen LogP contribution in [-0.2, 0) is 19.2 Å². The third-order valence-corrected chi connectivity index (χ3v) is 3.79. The van der Waals surface area contributed by atoms with Crippen molar-refractivity contribution in [2.45, 2.75) is 63.9 Å². The molecule has 0 rings (SSSR count). The molecule has 0 saturated heterocycles. The maximum atomic E-state index is 12.3. The molecule has 13 nitrogen and oxygen atoms in total. The maximum absolute atomic E-state index is 12.3. The molecule has 166 valence electrons. The smallest absolute Gasteiger partial charge is 0.326 e. The Kier molecular flexibility index (Phi) is 11.2. The van der Waals surface area contributed by atoms with Crippen LogP contribution in [0.3, 0.4) is 0 Å². The Morgan fingerprint density at radius 1 is 0.966 bits per heavy atom. The van der Waals surface area contributed by atoms with Crippen LogP contribution in [0.15, 0.2) is 4.99 Å². The molecule has 3 amide bonds. The Balaban J connectivity index is 4.85. The maximum Gasteiger partial charge on any atom is 0.326 e. The van der Waals surface area contributed by atoms with Gasteiger partial charge in [-0.05, 0) is 33.6 Å². The lowest BCUT2D eigenvalue weighted by Crippen LogP contribution is -2.58. The number of nitrogens with two attached hydrogens (primary N) is 3. The Labute approximate surface area is 168 Å². The minimum absolute atomic E-state index is 0.0687. The molecule has 0 saturated carbocycles. The second-order valence-corrected chi connectivity index (χ2v) is 6.59. The molecule has 5 atom stereocenters. The van der Waals surface area contributed by atoms with Gasteiger partial charge < -0.3 is 43.4 Å². The molecule has 13 heteroatoms. The van der Waals surface area contributed by atoms with Gasteiger partial charge in [-0.1, -0.05) is 0 Å². The number of aliphatic carboxylic acids is 1. The molecule has 0 heterocycles. The van der Waals surface area contributed by atoms with Crippen molar-refractivity contribution in [2.24, 2.45) is 22.2 Å². The molecule has 0 aliphatic carbocycles. The van der Waals surface area contributed by atoms with Crippen molar-refractivity contribution in [2.75, 3.05) is 6.54 Å². The number of carboxylic acids is 1. The monoisotopic (exact) mass is 417 g/mol. The molecule has 0 spiro atoms. The quantitative estimate of drug-likeness (QED) is 0.0885. The first-order valence-electron chi connectivity index (χ1n) is 8.99. The van der Waals surface area contributed by atoms with Crippen molar-refractivity contribution in [3.63, 3.8) is 0 Å². The van der Waals surface area contributed by atoms with Crippen molar-refractivity contribution < 1.29 is 29.4 Å². The van der Waals surface area contributed by atoms with E-state index in [1.54, 1.807) is 0 Å². The van der Waals surface area contributed by atoms with Crippen LogP contribution in [0, 0.1) is 0 Å². The summed E-state index contributed by atoms with van der Waals surface area (Å²) in [7, 11) is 0. The van der Waals surface area contributed by atoms with E-state index < -0.39 is 54.0 Å². The highest BCUT2D eigenvalue weighted by Crippen LogP contribution is 2.01. The molecule has 0 radical (unpaired) electrons. The minimum atomic E-state index is -1.33. The molecule has 5 unspecified atom stereocenters. The highest BCUT2D eigenvalue weighted by molar-refractivity contribution is 5.94. The lowest BCUT2D eigenvalue weighted by atomic mass is 10.1. The number of amides is 3. The van der Waals surface area contributed by atoms with Crippen molar-refractivity contribution in [1.29, 1.82) is 0 Å². The molecular formula is C16H31N7O6. The third-order valence-electron chi connectivity index (χ3n) is 3.79. The molecule has 0 aromatic heterocycles. The molecule has 11 N–H and O–H groups in total. The SMILES string of the molecule is CC(N)C(=O)NC(C(=O)NC(C)C(=O)NC(CCCN=C(N)N)C(=O)O)C(C)O. The van der Waals surface area contributed by atoms with Crippen LogP contribution in [0.2, 0.25) is 0 Å². The number of aliphatic hydroxyl groups excluding tert-OH is 1. The predicted molar refractivity (Wildman–Crippen MR) is 104 cm³/mol. The van der Waals surface area contributed by atoms with Crippen LogP contribution in [-0.4, -0.2) is 76.7 Å². The first-order valence-corrected chi connectivity index (χ1v) is 8.99. The number of aliphatic hydroxyl groups is 1. The average Bonchev–Trinajstić information content (AvgIpc) is 2.60. The molecule has 0 bridgehead atoms. The molecule has 0 fully saturated rings. The number of carbonyl (C=O) groups excluding carboxylic acids is 3. The Bertz CT molecular complexity index is 619. The molecule has 0 aromatic rings. The first-order chi connectivity index (χ1) is 13.4. The summed E-state index contributed by atoms with van der Waals surface area (Å²) in [6, 6.07) is -4.57. The number of nitrogens with zero attached hydrogens (tertiary/aromatic N) is 1. The molecule has 0 aromatic carbocycles. The van der Waals surface area contributed by atoms with Crippen LogP contribution in [0.1, 0.15) is 33.6 Å². The summed E-state index contributed by atoms with van der Waals surface area (Å²) in [5.74, 6) is -3.62. The number of carboxylic acid groups (broad SMARTS) is 1. The first kappa shape index (κ1) is 26.1. The van der Waals surface area contributed by atoms with Crippen LogP contribution in [0.25, 0.3) is 0 Å². The van der Waals surface area contributed by atoms with Crippen molar-refractivity contribution in [1.82, 2.24) is 16.0 Å². The van der Waals surface area contributed by atoms with E-state index >= 15 is 0 Å². The Morgan fingerprint density at radius 2 is 1.55 bits per heavy atom. The minimum Gasteiger partial charge on any atom is -0.480 e. The van der Waals surface area contributed by atoms with Crippen molar-refractivity contribution in [3.05, 3.63) is 0 Å². The van der Waals surface area contributed by atoms with Gasteiger partial charge in [0.05, 0.1) is 12.1 Å². The number of guanidine groups is 1. The summed E-state index contributed by atoms with van der Waals surface area (Å²) < 4.78 is 0. The summed E-state index contributed by atoms with van der Waals surface area (Å²) in [4.78, 5) is 51.2. The summed E-state index contributed by atoms with van der Waals surface area (Å²) >= 11 is 0. The van der Waals surface area contributed by atoms with Gasteiger partial charge in [0.15, 0.2) is 5.96 Å². The van der Waals surface area contributed by atoms with Crippen LogP contribution >= 0.6 is 0 Å². The van der Waals surface area contributed by atoms with Gasteiger partial charge in [-0.15, -0.1) is 0 Å². The fraction of sp³-hybridized carbons (Fsp3) is 0.688. The predicted octanol–water partition coefficient (Wildman–Crippen LogP) is -3.67. The lowest BCUT2D eigenvalue weighted by molar-refractivity contribution is -0.142. The van der Waals surface area contributed by atoms with Gasteiger partial charge in [-0.2, -0.15) is 0 Å². The molecule has 29 heavy (non-hydrogen) atoms. The topological polar surface area (TPSA) is 235 Å². The Morgan fingerprint density at radius 3 is 2.00 bits per heavy atom. The van der Waals surface area contributed by atoms with E-state index in [1.807, 2.05) is 0 Å². The number of rotatable bonds is 12. The van der Waals surface area contributed by atoms with E-state index in [-0.39, 0.29) is 18.9 Å². The number of hydrogen-bond donors (Lipinski definition) is 8. The van der Waals surface area contributed by atoms with Gasteiger partial charge in [-0.3, -0.25) is 19.4 Å². The van der Waals surface area contributed by atoms with Crippen LogP contribution in [0.4, 0.5) is 0 Å². The second kappa shape index (κ2) is 12.5. The van der Waals surface area contributed by atoms with Gasteiger partial charge >= 0.3 is 5.97 Å². The summed E-state index contributed by atoms with van der Waals surface area (Å²) in [5.41, 5.74) is 15.8. The Hall–Kier alpha value is -2.93. The fourth-order valence-electron chi connectivity index (χ4n) is 2.12. The van der Waals surface area contributed by atoms with E-state index in [4.69, 9.17) is 17.2 Å². The molecule has 0 aliphatic rings. The highest BCUT2D eigenvalue weighted by atomic mass is 16.4. The van der Waals surface area contributed by atoms with Crippen LogP contribution < -0.4 is 33.2 Å². The number of nitrogens with one attached hydrogen (secondary N) is 3. The zero-order chi connectivity index (χ0) is 22.7. The fourth-order valence-corrected chi connectivity index (χ4v) is 2.12. The van der Waals surface area contributed by atoms with Gasteiger partial charge in [-0.25, -0.2) is 4.79 Å². The molecular weight excluding hydrogens is 386 g/mol. The number of carbonyl (C=O) groups is 4. The third kappa shape index (κ3) is 10.3. The number of hydrogen-bond acceptors (Lipinski definition) is 7. The van der Waals surface area contributed by atoms with E-state index in [0.717, 1.165) is 0 Å². The summed E-state index contributed by atoms with van der Waals surface area (Å²) in [5, 5.41) is 25.8. The zero-order valence-corrected chi connectivity index (χ0v) is 16.7. The standard InChI is InChI=1S/C16H31N7O6/c1-7(17)12(25)23-11(9(3)24)14(27)21-8(2)13(26)22-10(15(28)29)5-4-6-20-16(18)19/h7-11,24H,4-6,17H2,1-3H3,(H,21,27)(H,22,26)(H,23,25)(H,28,29)(H4,18,19,20). The van der Waals surface area contributed by atoms with Crippen molar-refractivity contribution in [3.8, 4) is 0 Å². The van der Waals surface area contributed by atoms with Gasteiger partial charge in [0.1, 0.15) is 18.1 Å². The second-order valence-electron chi connectivity index (χ2n) is 6.59. The van der Waals surface area contributed by atoms with E-state index in [1.165, 1.54) is 20.8 Å². The number of aliphatic imine (C=N–C) groups is 1. The van der Waals surface area contributed by atoms with Gasteiger partial charge in [0.25, 0.3) is 0 Å². The van der Waals surface area contributed by atoms with Crippen molar-refractivity contribution >= 4 is 29.7 Å². The molecule has 0 aliphatic heterocycles. The van der Waals surface area contributed by atoms with Gasteiger partial charge in [0.2, 0.25) is 17.7 Å². The summed E-state index contributed by atoms with van der Waals surface area (Å²) in [6.45, 7) is 4.22. The normalized spacial score (nSPS) is 15.8. The lowest BCUT2D eigenvalue weighted by Gasteiger charge is -2.24. The highest BCUT2D eigenvalue weighted by Gasteiger charge is 2.30. The largest absolute Gasteiger partial charge is 0.480 e. The zero-order valence-electron chi connectivity index (χ0n) is 16.7. The van der Waals surface area contributed by atoms with Gasteiger partial charge in [0, 0.05) is 6.54 Å². The van der Waals surface area contributed by atoms with E-state index in [0.29, 0.717) is 6.42 Å². The van der Waals surface area contributed by atoms with E-state index in [2.05, 4.69) is 20.9 Å². The average molecular weight is 417 g/mol. The van der Waals surface area contributed by atoms with E-state index in [9.17, 15) is 29.4 Å².